The summed E-state index contributed by atoms with van der Waals surface area (Å²) in [5, 5.41) is 0. The van der Waals surface area contributed by atoms with Crippen molar-refractivity contribution in [2.75, 3.05) is 32.1 Å². The Labute approximate surface area is 198 Å². The summed E-state index contributed by atoms with van der Waals surface area (Å²) in [5.74, 6) is 0. The Kier molecular flexibility index (Phi) is 5.76. The van der Waals surface area contributed by atoms with Gasteiger partial charge in [0, 0.05) is 31.4 Å². The highest BCUT2D eigenvalue weighted by molar-refractivity contribution is 7.92. The molecule has 2 heterocycles. The number of anilines is 1. The molecule has 0 spiro atoms. The van der Waals surface area contributed by atoms with Gasteiger partial charge in [-0.1, -0.05) is 29.8 Å². The number of aryl methyl sites for hydroxylation is 1. The molecular formula is C23H23F7N2O2S. The Bertz CT molecular complexity index is 1230. The molecule has 0 saturated carbocycles. The number of rotatable bonds is 3. The van der Waals surface area contributed by atoms with Gasteiger partial charge in [-0.15, -0.1) is 0 Å². The van der Waals surface area contributed by atoms with Crippen molar-refractivity contribution in [3.8, 4) is 0 Å². The lowest BCUT2D eigenvalue weighted by Gasteiger charge is -2.46. The van der Waals surface area contributed by atoms with Gasteiger partial charge in [-0.05, 0) is 44.2 Å². The van der Waals surface area contributed by atoms with E-state index in [9.17, 15) is 39.2 Å². The van der Waals surface area contributed by atoms with E-state index in [-0.39, 0.29) is 29.1 Å². The highest BCUT2D eigenvalue weighted by atomic mass is 32.2. The quantitative estimate of drug-likeness (QED) is 0.524. The summed E-state index contributed by atoms with van der Waals surface area (Å²) in [6.07, 6.45) is -12.5. The minimum Gasteiger partial charge on any atom is -0.373 e. The van der Waals surface area contributed by atoms with Crippen molar-refractivity contribution in [2.24, 2.45) is 0 Å². The van der Waals surface area contributed by atoms with Crippen LogP contribution in [0.2, 0.25) is 0 Å². The zero-order valence-corrected chi connectivity index (χ0v) is 19.8. The van der Waals surface area contributed by atoms with Crippen molar-refractivity contribution in [3.63, 3.8) is 0 Å². The fraction of sp³-hybridized carbons (Fsp3) is 0.478. The van der Waals surface area contributed by atoms with Crippen LogP contribution in [-0.2, 0) is 20.3 Å². The van der Waals surface area contributed by atoms with Crippen molar-refractivity contribution >= 4 is 15.5 Å². The van der Waals surface area contributed by atoms with E-state index in [1.165, 1.54) is 24.1 Å². The number of fused-ring (bicyclic) bond motifs is 3. The second kappa shape index (κ2) is 7.83. The van der Waals surface area contributed by atoms with E-state index in [0.29, 0.717) is 18.7 Å². The second-order valence-corrected chi connectivity index (χ2v) is 11.4. The number of halogens is 7. The number of alkyl halides is 7. The minimum atomic E-state index is -6.27. The predicted octanol–water partition coefficient (Wildman–Crippen LogP) is 5.11. The molecule has 2 unspecified atom stereocenters. The van der Waals surface area contributed by atoms with E-state index in [0.717, 1.165) is 11.6 Å². The second-order valence-electron chi connectivity index (χ2n) is 9.22. The van der Waals surface area contributed by atoms with Gasteiger partial charge in [-0.3, -0.25) is 4.90 Å². The average Bonchev–Trinajstić information content (AvgIpc) is 3.10. The lowest BCUT2D eigenvalue weighted by molar-refractivity contribution is -0.348. The van der Waals surface area contributed by atoms with Crippen LogP contribution in [0.3, 0.4) is 0 Å². The Morgan fingerprint density at radius 3 is 2.03 bits per heavy atom. The lowest BCUT2D eigenvalue weighted by atomic mass is 9.82. The first-order valence-electron chi connectivity index (χ1n) is 10.7. The monoisotopic (exact) mass is 524 g/mol. The van der Waals surface area contributed by atoms with Crippen LogP contribution in [0.4, 0.5) is 36.4 Å². The lowest BCUT2D eigenvalue weighted by Crippen LogP contribution is -2.56. The van der Waals surface area contributed by atoms with Crippen molar-refractivity contribution in [2.45, 2.75) is 47.1 Å². The summed E-state index contributed by atoms with van der Waals surface area (Å²) < 4.78 is 122. The first-order chi connectivity index (χ1) is 16.0. The average molecular weight is 525 g/mol. The molecule has 4 nitrogen and oxygen atoms in total. The van der Waals surface area contributed by atoms with Crippen LogP contribution in [0.5, 0.6) is 0 Å². The molecular weight excluding hydrogens is 501 g/mol. The summed E-state index contributed by atoms with van der Waals surface area (Å²) in [6.45, 7) is 2.12. The number of likely N-dealkylation sites (N-methyl/N-ethyl adjacent to an activating group) is 2. The summed E-state index contributed by atoms with van der Waals surface area (Å²) in [7, 11) is -1.02. The molecule has 2 aromatic carbocycles. The highest BCUT2D eigenvalue weighted by Gasteiger charge is 2.74. The van der Waals surface area contributed by atoms with Gasteiger partial charge in [-0.25, -0.2) is 12.8 Å². The molecule has 2 aromatic rings. The Hall–Kier alpha value is -2.34. The van der Waals surface area contributed by atoms with Crippen LogP contribution >= 0.6 is 0 Å². The van der Waals surface area contributed by atoms with E-state index in [4.69, 9.17) is 0 Å². The van der Waals surface area contributed by atoms with Gasteiger partial charge in [0.15, 0.2) is 9.84 Å². The molecule has 0 bridgehead atoms. The van der Waals surface area contributed by atoms with Crippen LogP contribution in [-0.4, -0.2) is 58.9 Å². The van der Waals surface area contributed by atoms with E-state index in [1.54, 1.807) is 26.1 Å². The zero-order chi connectivity index (χ0) is 26.2. The highest BCUT2D eigenvalue weighted by Crippen LogP contribution is 2.57. The number of hydrogen-bond donors (Lipinski definition) is 0. The maximum atomic E-state index is 14.8. The van der Waals surface area contributed by atoms with Crippen molar-refractivity contribution in [3.05, 3.63) is 59.2 Å². The topological polar surface area (TPSA) is 40.6 Å². The zero-order valence-electron chi connectivity index (χ0n) is 19.0. The molecule has 2 aliphatic rings. The fourth-order valence-electron chi connectivity index (χ4n) is 5.27. The van der Waals surface area contributed by atoms with E-state index in [2.05, 4.69) is 0 Å². The summed E-state index contributed by atoms with van der Waals surface area (Å²) in [6, 6.07) is 7.25. The number of sulfone groups is 1. The predicted molar refractivity (Wildman–Crippen MR) is 116 cm³/mol. The Morgan fingerprint density at radius 1 is 0.914 bits per heavy atom. The van der Waals surface area contributed by atoms with Crippen LogP contribution in [0, 0.1) is 6.92 Å². The summed E-state index contributed by atoms with van der Waals surface area (Å²) in [4.78, 5) is 3.18. The van der Waals surface area contributed by atoms with Crippen LogP contribution in [0.1, 0.15) is 23.1 Å². The Morgan fingerprint density at radius 2 is 1.49 bits per heavy atom. The molecule has 12 heteroatoms. The maximum Gasteiger partial charge on any atom is 0.435 e. The fourth-order valence-corrected chi connectivity index (χ4v) is 7.62. The molecule has 0 radical (unpaired) electrons. The largest absolute Gasteiger partial charge is 0.435 e. The van der Waals surface area contributed by atoms with Crippen molar-refractivity contribution in [1.82, 2.24) is 4.90 Å². The van der Waals surface area contributed by atoms with Gasteiger partial charge in [-0.2, -0.15) is 26.3 Å². The molecule has 2 atom stereocenters. The number of benzene rings is 2. The van der Waals surface area contributed by atoms with E-state index < -0.39 is 44.2 Å². The van der Waals surface area contributed by atoms with Gasteiger partial charge in [0.25, 0.3) is 0 Å². The molecule has 0 aliphatic carbocycles. The number of nitrogens with zero attached hydrogens (tertiary/aromatic N) is 2. The molecule has 1 saturated heterocycles. The van der Waals surface area contributed by atoms with Crippen LogP contribution < -0.4 is 4.90 Å². The van der Waals surface area contributed by atoms with Crippen LogP contribution in [0.25, 0.3) is 0 Å². The van der Waals surface area contributed by atoms with Crippen LogP contribution in [0.15, 0.2) is 47.4 Å². The third-order valence-electron chi connectivity index (χ3n) is 7.21. The van der Waals surface area contributed by atoms with E-state index >= 15 is 0 Å². The van der Waals surface area contributed by atoms with Gasteiger partial charge in [0.1, 0.15) is 4.75 Å². The number of likely N-dealkylation sites (tertiary alicyclic amines) is 1. The first-order valence-corrected chi connectivity index (χ1v) is 12.2. The molecule has 0 N–H and O–H groups in total. The first kappa shape index (κ1) is 25.7. The van der Waals surface area contributed by atoms with E-state index in [1.807, 2.05) is 4.90 Å². The molecule has 4 rings (SSSR count). The summed E-state index contributed by atoms with van der Waals surface area (Å²) in [5.41, 5.74) is -6.57. The molecule has 1 fully saturated rings. The van der Waals surface area contributed by atoms with Gasteiger partial charge < -0.3 is 4.90 Å². The standard InChI is InChI=1S/C23H23F7N2O2S/c1-14-4-7-16(8-5-14)35(33,34)20-10-11-31(2)19(20)13-32(3)18-12-15(6-9-17(18)20)21(24,22(25,26)27)23(28,29)30/h4-9,12,19H,10-11,13H2,1-3H3. The van der Waals surface area contributed by atoms with Gasteiger partial charge >= 0.3 is 18.0 Å². The number of hydrogen-bond acceptors (Lipinski definition) is 4. The molecule has 2 aliphatic heterocycles. The van der Waals surface area contributed by atoms with Crippen molar-refractivity contribution < 1.29 is 39.2 Å². The maximum absolute atomic E-state index is 14.8. The molecule has 0 aromatic heterocycles. The normalized spacial score (nSPS) is 23.8. The smallest absolute Gasteiger partial charge is 0.373 e. The molecule has 192 valence electrons. The molecule has 0 amide bonds. The molecule has 35 heavy (non-hydrogen) atoms. The van der Waals surface area contributed by atoms with Gasteiger partial charge in [0.2, 0.25) is 0 Å². The SMILES string of the molecule is Cc1ccc(S(=O)(=O)C23CCN(C)C2CN(C)c2cc(C(F)(C(F)(F)F)C(F)(F)F)ccc23)cc1. The summed E-state index contributed by atoms with van der Waals surface area (Å²) >= 11 is 0. The Balaban J connectivity index is 1.98. The minimum absolute atomic E-state index is 0.00611. The van der Waals surface area contributed by atoms with Crippen molar-refractivity contribution in [1.29, 1.82) is 0 Å². The third kappa shape index (κ3) is 3.46. The van der Waals surface area contributed by atoms with Gasteiger partial charge in [0.05, 0.1) is 10.9 Å². The third-order valence-corrected chi connectivity index (χ3v) is 9.76.